The van der Waals surface area contributed by atoms with Crippen molar-refractivity contribution in [2.24, 2.45) is 0 Å². The van der Waals surface area contributed by atoms with E-state index in [0.29, 0.717) is 35.1 Å². The molecule has 0 bridgehead atoms. The van der Waals surface area contributed by atoms with Gasteiger partial charge in [-0.25, -0.2) is 8.42 Å². The Morgan fingerprint density at radius 2 is 1.56 bits per heavy atom. The van der Waals surface area contributed by atoms with Gasteiger partial charge >= 0.3 is 0 Å². The number of halogens is 2. The van der Waals surface area contributed by atoms with Crippen LogP contribution < -0.4 is 10.5 Å². The summed E-state index contributed by atoms with van der Waals surface area (Å²) in [7, 11) is -3.69. The number of aromatic nitrogens is 2. The van der Waals surface area contributed by atoms with Gasteiger partial charge in [-0.3, -0.25) is 4.79 Å². The highest BCUT2D eigenvalue weighted by Crippen LogP contribution is 2.25. The van der Waals surface area contributed by atoms with Crippen LogP contribution in [0.15, 0.2) is 64.4 Å². The third-order valence-corrected chi connectivity index (χ3v) is 7.69. The van der Waals surface area contributed by atoms with Crippen LogP contribution in [-0.4, -0.2) is 48.7 Å². The Labute approximate surface area is 194 Å². The zero-order valence-corrected chi connectivity index (χ0v) is 19.0. The number of piperazine rings is 1. The van der Waals surface area contributed by atoms with Crippen molar-refractivity contribution in [1.29, 1.82) is 5.26 Å². The average molecular weight is 490 g/mol. The summed E-state index contributed by atoms with van der Waals surface area (Å²) in [5.41, 5.74) is 0.909. The molecule has 0 atom stereocenters. The number of anilines is 1. The van der Waals surface area contributed by atoms with E-state index in [4.69, 9.17) is 28.5 Å². The van der Waals surface area contributed by atoms with Crippen LogP contribution in [0.3, 0.4) is 0 Å². The molecular formula is C21H17Cl2N5O3S. The Morgan fingerprint density at radius 3 is 2.16 bits per heavy atom. The topological polar surface area (TPSA) is 99.3 Å². The van der Waals surface area contributed by atoms with E-state index in [9.17, 15) is 13.2 Å². The second-order valence-corrected chi connectivity index (χ2v) is 9.82. The van der Waals surface area contributed by atoms with Gasteiger partial charge in [-0.05, 0) is 48.5 Å². The third kappa shape index (κ3) is 4.23. The Hall–Kier alpha value is -2.90. The molecule has 32 heavy (non-hydrogen) atoms. The molecular weight excluding hydrogens is 473 g/mol. The van der Waals surface area contributed by atoms with Crippen molar-refractivity contribution >= 4 is 38.9 Å². The van der Waals surface area contributed by atoms with Gasteiger partial charge in [0.15, 0.2) is 0 Å². The molecule has 2 heterocycles. The number of nitriles is 1. The van der Waals surface area contributed by atoms with Crippen LogP contribution in [-0.2, 0) is 10.0 Å². The molecule has 1 aliphatic rings. The van der Waals surface area contributed by atoms with E-state index >= 15 is 0 Å². The minimum absolute atomic E-state index is 0.0124. The smallest absolute Gasteiger partial charge is 0.292 e. The lowest BCUT2D eigenvalue weighted by Gasteiger charge is -2.35. The molecule has 4 rings (SSSR count). The van der Waals surface area contributed by atoms with Crippen molar-refractivity contribution in [3.05, 3.63) is 80.7 Å². The van der Waals surface area contributed by atoms with E-state index in [1.165, 1.54) is 39.4 Å². The van der Waals surface area contributed by atoms with Gasteiger partial charge in [0.1, 0.15) is 5.02 Å². The minimum Gasteiger partial charge on any atom is -0.366 e. The second-order valence-electron chi connectivity index (χ2n) is 7.06. The zero-order valence-electron chi connectivity index (χ0n) is 16.6. The van der Waals surface area contributed by atoms with Gasteiger partial charge in [-0.15, -0.1) is 0 Å². The highest BCUT2D eigenvalue weighted by molar-refractivity contribution is 7.89. The molecule has 0 unspecified atom stereocenters. The van der Waals surface area contributed by atoms with Crippen LogP contribution in [0.4, 0.5) is 5.69 Å². The number of nitrogens with zero attached hydrogens (tertiary/aromatic N) is 5. The van der Waals surface area contributed by atoms with Crippen LogP contribution in [0.2, 0.25) is 10.0 Å². The van der Waals surface area contributed by atoms with Crippen molar-refractivity contribution in [2.75, 3.05) is 31.1 Å². The molecule has 8 nitrogen and oxygen atoms in total. The highest BCUT2D eigenvalue weighted by Gasteiger charge is 2.29. The van der Waals surface area contributed by atoms with E-state index in [1.807, 2.05) is 11.0 Å². The SMILES string of the molecule is N#Cc1ccc(S(=O)(=O)N2CCN(c3cnn(-c4ccc(Cl)cc4)c(=O)c3Cl)CC2)cc1. The summed E-state index contributed by atoms with van der Waals surface area (Å²) in [6, 6.07) is 14.4. The van der Waals surface area contributed by atoms with Gasteiger partial charge in [0.25, 0.3) is 5.56 Å². The van der Waals surface area contributed by atoms with E-state index in [1.54, 1.807) is 24.3 Å². The standard InChI is InChI=1S/C21H17Cl2N5O3S/c22-16-3-5-17(6-4-16)28-21(29)20(23)19(14-25-28)26-9-11-27(12-10-26)32(30,31)18-7-1-15(13-24)2-8-18/h1-8,14H,9-12H2. The molecule has 0 radical (unpaired) electrons. The van der Waals surface area contributed by atoms with Crippen LogP contribution in [0.1, 0.15) is 5.56 Å². The molecule has 0 aliphatic carbocycles. The maximum absolute atomic E-state index is 12.9. The lowest BCUT2D eigenvalue weighted by molar-refractivity contribution is 0.384. The van der Waals surface area contributed by atoms with Crippen molar-refractivity contribution in [1.82, 2.24) is 14.1 Å². The van der Waals surface area contributed by atoms with E-state index in [-0.39, 0.29) is 23.0 Å². The lowest BCUT2D eigenvalue weighted by Crippen LogP contribution is -2.49. The molecule has 0 saturated carbocycles. The summed E-state index contributed by atoms with van der Waals surface area (Å²) in [6.07, 6.45) is 1.50. The first-order chi connectivity index (χ1) is 15.3. The summed E-state index contributed by atoms with van der Waals surface area (Å²) >= 11 is 12.3. The number of sulfonamides is 1. The summed E-state index contributed by atoms with van der Waals surface area (Å²) in [5, 5.41) is 13.7. The first kappa shape index (κ1) is 22.3. The zero-order chi connectivity index (χ0) is 22.9. The third-order valence-electron chi connectivity index (χ3n) is 5.17. The first-order valence-electron chi connectivity index (χ1n) is 9.60. The Balaban J connectivity index is 1.51. The molecule has 1 saturated heterocycles. The number of benzene rings is 2. The summed E-state index contributed by atoms with van der Waals surface area (Å²) in [6.45, 7) is 1.14. The minimum atomic E-state index is -3.69. The molecule has 2 aromatic carbocycles. The molecule has 0 N–H and O–H groups in total. The average Bonchev–Trinajstić information content (AvgIpc) is 2.82. The van der Waals surface area contributed by atoms with Crippen LogP contribution in [0.25, 0.3) is 5.69 Å². The fourth-order valence-corrected chi connectivity index (χ4v) is 5.23. The van der Waals surface area contributed by atoms with Crippen molar-refractivity contribution in [3.8, 4) is 11.8 Å². The normalized spacial score (nSPS) is 14.8. The van der Waals surface area contributed by atoms with Crippen LogP contribution in [0.5, 0.6) is 0 Å². The van der Waals surface area contributed by atoms with Crippen molar-refractivity contribution in [2.45, 2.75) is 4.90 Å². The molecule has 1 fully saturated rings. The van der Waals surface area contributed by atoms with Crippen molar-refractivity contribution < 1.29 is 8.42 Å². The number of hydrogen-bond acceptors (Lipinski definition) is 6. The molecule has 11 heteroatoms. The Bertz CT molecular complexity index is 1340. The predicted molar refractivity (Wildman–Crippen MR) is 122 cm³/mol. The largest absolute Gasteiger partial charge is 0.366 e. The number of hydrogen-bond donors (Lipinski definition) is 0. The van der Waals surface area contributed by atoms with E-state index in [2.05, 4.69) is 5.10 Å². The Morgan fingerprint density at radius 1 is 0.938 bits per heavy atom. The van der Waals surface area contributed by atoms with Gasteiger partial charge in [-0.1, -0.05) is 23.2 Å². The lowest BCUT2D eigenvalue weighted by atomic mass is 10.2. The quantitative estimate of drug-likeness (QED) is 0.558. The number of rotatable bonds is 4. The molecule has 164 valence electrons. The van der Waals surface area contributed by atoms with Gasteiger partial charge in [0.05, 0.1) is 34.1 Å². The van der Waals surface area contributed by atoms with Gasteiger partial charge in [-0.2, -0.15) is 19.3 Å². The van der Waals surface area contributed by atoms with Gasteiger partial charge < -0.3 is 4.90 Å². The molecule has 0 amide bonds. The maximum Gasteiger partial charge on any atom is 0.292 e. The molecule has 1 aromatic heterocycles. The first-order valence-corrected chi connectivity index (χ1v) is 11.8. The second kappa shape index (κ2) is 8.92. The maximum atomic E-state index is 12.9. The van der Waals surface area contributed by atoms with Crippen LogP contribution >= 0.6 is 23.2 Å². The molecule has 1 aliphatic heterocycles. The van der Waals surface area contributed by atoms with E-state index in [0.717, 1.165) is 0 Å². The van der Waals surface area contributed by atoms with Crippen molar-refractivity contribution in [3.63, 3.8) is 0 Å². The van der Waals surface area contributed by atoms with Crippen LogP contribution in [0, 0.1) is 11.3 Å². The fourth-order valence-electron chi connectivity index (χ4n) is 3.43. The predicted octanol–water partition coefficient (Wildman–Crippen LogP) is 2.92. The monoisotopic (exact) mass is 489 g/mol. The van der Waals surface area contributed by atoms with E-state index < -0.39 is 15.6 Å². The Kier molecular flexibility index (Phi) is 6.22. The summed E-state index contributed by atoms with van der Waals surface area (Å²) in [5.74, 6) is 0. The summed E-state index contributed by atoms with van der Waals surface area (Å²) < 4.78 is 28.4. The fraction of sp³-hybridized carbons (Fsp3) is 0.190. The molecule has 0 spiro atoms. The molecule has 3 aromatic rings. The van der Waals surface area contributed by atoms with Gasteiger partial charge in [0, 0.05) is 31.2 Å². The summed E-state index contributed by atoms with van der Waals surface area (Å²) in [4.78, 5) is 14.7. The van der Waals surface area contributed by atoms with Gasteiger partial charge in [0.2, 0.25) is 10.0 Å². The highest BCUT2D eigenvalue weighted by atomic mass is 35.5.